The van der Waals surface area contributed by atoms with E-state index in [0.717, 1.165) is 0 Å². The number of hydrogen-bond acceptors (Lipinski definition) is 5. The Balaban J connectivity index is 1.99. The van der Waals surface area contributed by atoms with E-state index in [0.29, 0.717) is 22.5 Å². The zero-order valence-corrected chi connectivity index (χ0v) is 11.0. The summed E-state index contributed by atoms with van der Waals surface area (Å²) >= 11 is 0. The summed E-state index contributed by atoms with van der Waals surface area (Å²) < 4.78 is 18.4. The standard InChI is InChI=1S/C15H11FN2O3/c1-8-6-9(2-4-11(8)16)14-17-15(21-18-14)10-3-5-12(19)13(20)7-10/h2-7,19-20H,1H3. The van der Waals surface area contributed by atoms with Gasteiger partial charge in [-0.3, -0.25) is 0 Å². The second kappa shape index (κ2) is 4.90. The van der Waals surface area contributed by atoms with Gasteiger partial charge in [-0.1, -0.05) is 5.16 Å². The highest BCUT2D eigenvalue weighted by Crippen LogP contribution is 2.30. The van der Waals surface area contributed by atoms with Crippen LogP contribution in [0.2, 0.25) is 0 Å². The minimum Gasteiger partial charge on any atom is -0.504 e. The first-order valence-corrected chi connectivity index (χ1v) is 6.17. The van der Waals surface area contributed by atoms with Crippen molar-refractivity contribution in [1.29, 1.82) is 0 Å². The number of aromatic nitrogens is 2. The van der Waals surface area contributed by atoms with Crippen LogP contribution in [-0.2, 0) is 0 Å². The van der Waals surface area contributed by atoms with E-state index in [9.17, 15) is 14.6 Å². The van der Waals surface area contributed by atoms with Crippen LogP contribution in [0.3, 0.4) is 0 Å². The van der Waals surface area contributed by atoms with Crippen molar-refractivity contribution in [1.82, 2.24) is 10.1 Å². The molecule has 0 fully saturated rings. The Labute approximate surface area is 119 Å². The van der Waals surface area contributed by atoms with Crippen LogP contribution in [0.1, 0.15) is 5.56 Å². The lowest BCUT2D eigenvalue weighted by Crippen LogP contribution is -1.86. The van der Waals surface area contributed by atoms with Crippen molar-refractivity contribution in [3.8, 4) is 34.3 Å². The lowest BCUT2D eigenvalue weighted by molar-refractivity contribution is 0.402. The van der Waals surface area contributed by atoms with Gasteiger partial charge in [-0.15, -0.1) is 0 Å². The second-order valence-corrected chi connectivity index (χ2v) is 4.59. The molecule has 2 aromatic carbocycles. The molecule has 1 aromatic heterocycles. The summed E-state index contributed by atoms with van der Waals surface area (Å²) in [6.07, 6.45) is 0. The van der Waals surface area contributed by atoms with E-state index < -0.39 is 0 Å². The molecule has 21 heavy (non-hydrogen) atoms. The van der Waals surface area contributed by atoms with Crippen molar-refractivity contribution in [2.24, 2.45) is 0 Å². The number of rotatable bonds is 2. The summed E-state index contributed by atoms with van der Waals surface area (Å²) in [5.41, 5.74) is 1.59. The molecular weight excluding hydrogens is 275 g/mol. The molecule has 0 aliphatic carbocycles. The minimum atomic E-state index is -0.300. The highest BCUT2D eigenvalue weighted by molar-refractivity contribution is 5.62. The number of phenolic OH excluding ortho intramolecular Hbond substituents is 2. The number of nitrogens with zero attached hydrogens (tertiary/aromatic N) is 2. The quantitative estimate of drug-likeness (QED) is 0.707. The van der Waals surface area contributed by atoms with Gasteiger partial charge >= 0.3 is 0 Å². The van der Waals surface area contributed by atoms with Gasteiger partial charge in [0.25, 0.3) is 5.89 Å². The Bertz CT molecular complexity index is 748. The number of hydrogen-bond donors (Lipinski definition) is 2. The third kappa shape index (κ3) is 2.43. The molecule has 2 N–H and O–H groups in total. The molecule has 0 aliphatic heterocycles. The van der Waals surface area contributed by atoms with Crippen LogP contribution >= 0.6 is 0 Å². The van der Waals surface area contributed by atoms with Crippen LogP contribution in [-0.4, -0.2) is 20.4 Å². The Hall–Kier alpha value is -2.89. The van der Waals surface area contributed by atoms with Crippen molar-refractivity contribution < 1.29 is 19.1 Å². The van der Waals surface area contributed by atoms with Gasteiger partial charge in [-0.25, -0.2) is 4.39 Å². The topological polar surface area (TPSA) is 79.4 Å². The molecule has 0 bridgehead atoms. The summed E-state index contributed by atoms with van der Waals surface area (Å²) in [6, 6.07) is 8.72. The van der Waals surface area contributed by atoms with Gasteiger partial charge in [0.2, 0.25) is 5.82 Å². The molecule has 0 radical (unpaired) electrons. The molecule has 3 aromatic rings. The van der Waals surface area contributed by atoms with E-state index in [1.165, 1.54) is 18.2 Å². The molecule has 1 heterocycles. The fourth-order valence-electron chi connectivity index (χ4n) is 1.90. The first kappa shape index (κ1) is 13.1. The molecule has 3 rings (SSSR count). The van der Waals surface area contributed by atoms with E-state index in [2.05, 4.69) is 10.1 Å². The lowest BCUT2D eigenvalue weighted by Gasteiger charge is -1.99. The van der Waals surface area contributed by atoms with Crippen LogP contribution in [0, 0.1) is 12.7 Å². The summed E-state index contributed by atoms with van der Waals surface area (Å²) in [4.78, 5) is 4.20. The van der Waals surface area contributed by atoms with Crippen molar-refractivity contribution in [2.45, 2.75) is 6.92 Å². The van der Waals surface area contributed by atoms with E-state index >= 15 is 0 Å². The van der Waals surface area contributed by atoms with Crippen molar-refractivity contribution in [3.63, 3.8) is 0 Å². The predicted octanol–water partition coefficient (Wildman–Crippen LogP) is 3.26. The zero-order chi connectivity index (χ0) is 15.0. The number of aryl methyl sites for hydroxylation is 1. The maximum atomic E-state index is 13.3. The van der Waals surface area contributed by atoms with Crippen LogP contribution in [0.5, 0.6) is 11.5 Å². The Morgan fingerprint density at radius 3 is 2.48 bits per heavy atom. The molecular formula is C15H11FN2O3. The van der Waals surface area contributed by atoms with Crippen molar-refractivity contribution in [3.05, 3.63) is 47.8 Å². The molecule has 0 aliphatic rings. The Kier molecular flexibility index (Phi) is 3.06. The highest BCUT2D eigenvalue weighted by atomic mass is 19.1. The fourth-order valence-corrected chi connectivity index (χ4v) is 1.90. The number of halogens is 1. The van der Waals surface area contributed by atoms with Gasteiger partial charge in [0.15, 0.2) is 11.5 Å². The van der Waals surface area contributed by atoms with E-state index in [4.69, 9.17) is 4.52 Å². The summed E-state index contributed by atoms with van der Waals surface area (Å²) in [6.45, 7) is 1.65. The number of phenols is 2. The zero-order valence-electron chi connectivity index (χ0n) is 11.0. The lowest BCUT2D eigenvalue weighted by atomic mass is 10.1. The van der Waals surface area contributed by atoms with Gasteiger partial charge in [-0.05, 0) is 48.9 Å². The minimum absolute atomic E-state index is 0.197. The van der Waals surface area contributed by atoms with Crippen LogP contribution in [0.4, 0.5) is 4.39 Å². The van der Waals surface area contributed by atoms with Crippen molar-refractivity contribution in [2.75, 3.05) is 0 Å². The van der Waals surface area contributed by atoms with E-state index in [-0.39, 0.29) is 23.2 Å². The molecule has 0 saturated heterocycles. The molecule has 0 amide bonds. The van der Waals surface area contributed by atoms with E-state index in [1.807, 2.05) is 0 Å². The van der Waals surface area contributed by atoms with E-state index in [1.54, 1.807) is 25.1 Å². The van der Waals surface area contributed by atoms with Crippen LogP contribution in [0.25, 0.3) is 22.8 Å². The summed E-state index contributed by atoms with van der Waals surface area (Å²) in [7, 11) is 0. The maximum absolute atomic E-state index is 13.3. The van der Waals surface area contributed by atoms with Crippen molar-refractivity contribution >= 4 is 0 Å². The van der Waals surface area contributed by atoms with Gasteiger partial charge in [-0.2, -0.15) is 4.98 Å². The smallest absolute Gasteiger partial charge is 0.258 e. The average Bonchev–Trinajstić information content (AvgIpc) is 2.94. The number of aromatic hydroxyl groups is 2. The Morgan fingerprint density at radius 2 is 1.76 bits per heavy atom. The molecule has 106 valence electrons. The Morgan fingerprint density at radius 1 is 1.00 bits per heavy atom. The average molecular weight is 286 g/mol. The highest BCUT2D eigenvalue weighted by Gasteiger charge is 2.13. The monoisotopic (exact) mass is 286 g/mol. The molecule has 5 nitrogen and oxygen atoms in total. The third-order valence-corrected chi connectivity index (χ3v) is 3.06. The molecule has 0 spiro atoms. The largest absolute Gasteiger partial charge is 0.504 e. The van der Waals surface area contributed by atoms with Gasteiger partial charge in [0.05, 0.1) is 0 Å². The molecule has 0 unspecified atom stereocenters. The first-order chi connectivity index (χ1) is 10.0. The summed E-state index contributed by atoms with van der Waals surface area (Å²) in [5, 5.41) is 22.6. The number of benzene rings is 2. The third-order valence-electron chi connectivity index (χ3n) is 3.06. The fraction of sp³-hybridized carbons (Fsp3) is 0.0667. The normalized spacial score (nSPS) is 10.8. The van der Waals surface area contributed by atoms with Crippen LogP contribution in [0.15, 0.2) is 40.9 Å². The first-order valence-electron chi connectivity index (χ1n) is 6.17. The van der Waals surface area contributed by atoms with Crippen LogP contribution < -0.4 is 0 Å². The van der Waals surface area contributed by atoms with Gasteiger partial charge in [0, 0.05) is 11.1 Å². The molecule has 0 saturated carbocycles. The predicted molar refractivity (Wildman–Crippen MR) is 73.2 cm³/mol. The maximum Gasteiger partial charge on any atom is 0.258 e. The van der Waals surface area contributed by atoms with Gasteiger partial charge in [0.1, 0.15) is 5.82 Å². The van der Waals surface area contributed by atoms with Gasteiger partial charge < -0.3 is 14.7 Å². The summed E-state index contributed by atoms with van der Waals surface area (Å²) in [5.74, 6) is -0.286. The second-order valence-electron chi connectivity index (χ2n) is 4.59. The molecule has 6 heteroatoms. The molecule has 0 atom stereocenters. The SMILES string of the molecule is Cc1cc(-c2noc(-c3ccc(O)c(O)c3)n2)ccc1F.